The van der Waals surface area contributed by atoms with Gasteiger partial charge in [-0.25, -0.2) is 0 Å². The van der Waals surface area contributed by atoms with Crippen molar-refractivity contribution < 1.29 is 4.42 Å². The first kappa shape index (κ1) is 43.3. The summed E-state index contributed by atoms with van der Waals surface area (Å²) in [5.41, 5.74) is 20.2. The molecule has 75 heavy (non-hydrogen) atoms. The van der Waals surface area contributed by atoms with Gasteiger partial charge in [-0.3, -0.25) is 0 Å². The van der Waals surface area contributed by atoms with Gasteiger partial charge in [-0.15, -0.1) is 0 Å². The predicted molar refractivity (Wildman–Crippen MR) is 313 cm³/mol. The molecule has 0 amide bonds. The summed E-state index contributed by atoms with van der Waals surface area (Å²) in [7, 11) is 0. The molecule has 352 valence electrons. The predicted octanol–water partition coefficient (Wildman–Crippen LogP) is 19.8. The van der Waals surface area contributed by atoms with Crippen LogP contribution >= 0.6 is 11.8 Å². The van der Waals surface area contributed by atoms with Crippen molar-refractivity contribution in [3.8, 4) is 33.4 Å². The number of fused-ring (bicyclic) bond motifs is 13. The normalized spacial score (nSPS) is 12.9. The molecule has 0 radical (unpaired) electrons. The van der Waals surface area contributed by atoms with E-state index in [-0.39, 0.29) is 0 Å². The molecule has 0 bridgehead atoms. The molecule has 1 aromatic heterocycles. The lowest BCUT2D eigenvalue weighted by molar-refractivity contribution is 0.670. The van der Waals surface area contributed by atoms with E-state index in [9.17, 15) is 0 Å². The highest BCUT2D eigenvalue weighted by molar-refractivity contribution is 7.99. The second kappa shape index (κ2) is 17.4. The summed E-state index contributed by atoms with van der Waals surface area (Å²) in [6.45, 7) is 0. The van der Waals surface area contributed by atoms with Crippen molar-refractivity contribution in [2.45, 2.75) is 15.2 Å². The number of nitrogens with zero attached hydrogens (tertiary/aromatic N) is 2. The molecule has 0 N–H and O–H groups in total. The van der Waals surface area contributed by atoms with Crippen LogP contribution in [0.4, 0.5) is 34.1 Å². The number of benzene rings is 12. The highest BCUT2D eigenvalue weighted by Gasteiger charge is 2.50. The molecule has 1 aliphatic heterocycles. The Labute approximate surface area is 440 Å². The van der Waals surface area contributed by atoms with E-state index >= 15 is 0 Å². The molecule has 2 heterocycles. The molecule has 0 unspecified atom stereocenters. The maximum absolute atomic E-state index is 6.63. The molecule has 0 saturated heterocycles. The van der Waals surface area contributed by atoms with Crippen LogP contribution in [0.1, 0.15) is 22.3 Å². The van der Waals surface area contributed by atoms with Crippen LogP contribution in [0.3, 0.4) is 0 Å². The van der Waals surface area contributed by atoms with Gasteiger partial charge in [-0.05, 0) is 146 Å². The van der Waals surface area contributed by atoms with Gasteiger partial charge in [0.2, 0.25) is 0 Å². The number of para-hydroxylation sites is 4. The quantitative estimate of drug-likeness (QED) is 0.151. The van der Waals surface area contributed by atoms with E-state index in [0.29, 0.717) is 0 Å². The van der Waals surface area contributed by atoms with Crippen LogP contribution in [0.25, 0.3) is 66.1 Å². The van der Waals surface area contributed by atoms with Crippen molar-refractivity contribution >= 4 is 78.6 Å². The van der Waals surface area contributed by atoms with Crippen molar-refractivity contribution in [2.75, 3.05) is 9.80 Å². The minimum Gasteiger partial charge on any atom is -0.455 e. The van der Waals surface area contributed by atoms with Gasteiger partial charge in [0.25, 0.3) is 0 Å². The van der Waals surface area contributed by atoms with Gasteiger partial charge >= 0.3 is 0 Å². The first-order valence-electron chi connectivity index (χ1n) is 25.7. The number of hydrogen-bond donors (Lipinski definition) is 0. The lowest BCUT2D eigenvalue weighted by Gasteiger charge is -2.40. The van der Waals surface area contributed by atoms with E-state index in [1.54, 1.807) is 0 Å². The molecular weight excluding hydrogens is 929 g/mol. The third-order valence-electron chi connectivity index (χ3n) is 15.5. The zero-order valence-electron chi connectivity index (χ0n) is 40.8. The fraction of sp³-hybridized carbons (Fsp3) is 0.0141. The van der Waals surface area contributed by atoms with E-state index in [1.165, 1.54) is 59.7 Å². The molecule has 0 atom stereocenters. The van der Waals surface area contributed by atoms with Crippen LogP contribution in [-0.2, 0) is 5.41 Å². The maximum Gasteiger partial charge on any atom is 0.143 e. The van der Waals surface area contributed by atoms with Gasteiger partial charge in [0.1, 0.15) is 11.2 Å². The Morgan fingerprint density at radius 3 is 1.55 bits per heavy atom. The van der Waals surface area contributed by atoms with Crippen LogP contribution in [-0.4, -0.2) is 0 Å². The van der Waals surface area contributed by atoms with E-state index in [4.69, 9.17) is 4.42 Å². The van der Waals surface area contributed by atoms with Crippen LogP contribution in [0.5, 0.6) is 0 Å². The van der Waals surface area contributed by atoms with Crippen molar-refractivity contribution in [3.05, 3.63) is 301 Å². The van der Waals surface area contributed by atoms with Gasteiger partial charge in [0, 0.05) is 60.0 Å². The fourth-order valence-electron chi connectivity index (χ4n) is 12.3. The second-order valence-electron chi connectivity index (χ2n) is 19.5. The minimum atomic E-state index is -0.465. The molecule has 13 aromatic rings. The summed E-state index contributed by atoms with van der Waals surface area (Å²) in [5.74, 6) is 0. The molecule has 4 heteroatoms. The van der Waals surface area contributed by atoms with Crippen LogP contribution < -0.4 is 9.80 Å². The first-order chi connectivity index (χ1) is 37.2. The third-order valence-corrected chi connectivity index (χ3v) is 16.7. The first-order valence-corrected chi connectivity index (χ1v) is 26.5. The third kappa shape index (κ3) is 6.77. The Balaban J connectivity index is 0.913. The van der Waals surface area contributed by atoms with Crippen molar-refractivity contribution in [2.24, 2.45) is 0 Å². The summed E-state index contributed by atoms with van der Waals surface area (Å²) < 4.78 is 6.63. The van der Waals surface area contributed by atoms with E-state index in [0.717, 1.165) is 72.6 Å². The molecule has 1 spiro atoms. The monoisotopic (exact) mass is 974 g/mol. The number of furan rings is 1. The van der Waals surface area contributed by atoms with E-state index < -0.39 is 5.41 Å². The Bertz CT molecular complexity index is 4270. The SMILES string of the molecule is c1ccc(N(c2ccccc2)c2ccc(N(c3cccc(-c4cccc5c4oc4ccccc45)c3)c3ccc(-c4ccc5c(c4)C4(c6ccccc6S5)c5ccccc5-c5ccccc54)c4ccccc34)cc2)cc1. The zero-order valence-corrected chi connectivity index (χ0v) is 41.6. The second-order valence-corrected chi connectivity index (χ2v) is 20.6. The maximum atomic E-state index is 6.63. The van der Waals surface area contributed by atoms with Crippen molar-refractivity contribution in [1.29, 1.82) is 0 Å². The summed E-state index contributed by atoms with van der Waals surface area (Å²) in [6, 6.07) is 102. The molecular formula is C71H46N2OS. The van der Waals surface area contributed by atoms with Crippen molar-refractivity contribution in [3.63, 3.8) is 0 Å². The standard InChI is InChI=1S/C71H46N2OS/c1-3-20-49(21-4-1)72(50-22-5-2-6-23-50)51-38-40-52(41-39-51)73(53-24-17-19-47(45-53)55-30-18-31-61-60-29-11-15-35-67(60)74-70(55)61)66-43-42-54(56-25-7-8-28-59(56)66)48-37-44-69-65(46-48)71(64-34-14-16-36-68(64)75-69)62-32-12-9-26-57(62)58-27-10-13-33-63(58)71/h1-46H. The Morgan fingerprint density at radius 2 is 0.813 bits per heavy atom. The summed E-state index contributed by atoms with van der Waals surface area (Å²) in [4.78, 5) is 7.33. The summed E-state index contributed by atoms with van der Waals surface area (Å²) in [6.07, 6.45) is 0. The van der Waals surface area contributed by atoms with Gasteiger partial charge in [-0.1, -0.05) is 200 Å². The minimum absolute atomic E-state index is 0.465. The molecule has 3 nitrogen and oxygen atoms in total. The average Bonchev–Trinajstić information content (AvgIpc) is 4.03. The smallest absolute Gasteiger partial charge is 0.143 e. The molecule has 12 aromatic carbocycles. The van der Waals surface area contributed by atoms with E-state index in [2.05, 4.69) is 283 Å². The molecule has 15 rings (SSSR count). The Morgan fingerprint density at radius 1 is 0.293 bits per heavy atom. The van der Waals surface area contributed by atoms with Gasteiger partial charge < -0.3 is 14.2 Å². The summed E-state index contributed by atoms with van der Waals surface area (Å²) >= 11 is 1.89. The van der Waals surface area contributed by atoms with Crippen LogP contribution in [0.2, 0.25) is 0 Å². The zero-order chi connectivity index (χ0) is 49.5. The van der Waals surface area contributed by atoms with Crippen LogP contribution in [0, 0.1) is 0 Å². The topological polar surface area (TPSA) is 19.6 Å². The van der Waals surface area contributed by atoms with Gasteiger partial charge in [0.05, 0.1) is 11.1 Å². The van der Waals surface area contributed by atoms with E-state index in [1.807, 2.05) is 17.8 Å². The lowest BCUT2D eigenvalue weighted by atomic mass is 9.67. The molecule has 0 fully saturated rings. The molecule has 1 aliphatic carbocycles. The lowest BCUT2D eigenvalue weighted by Crippen LogP contribution is -2.32. The summed E-state index contributed by atoms with van der Waals surface area (Å²) in [5, 5.41) is 4.57. The number of hydrogen-bond acceptors (Lipinski definition) is 4. The largest absolute Gasteiger partial charge is 0.455 e. The average molecular weight is 975 g/mol. The Kier molecular flexibility index (Phi) is 10.0. The number of rotatable bonds is 8. The molecule has 2 aliphatic rings. The number of anilines is 6. The van der Waals surface area contributed by atoms with Crippen molar-refractivity contribution in [1.82, 2.24) is 0 Å². The van der Waals surface area contributed by atoms with Gasteiger partial charge in [-0.2, -0.15) is 0 Å². The fourth-order valence-corrected chi connectivity index (χ4v) is 13.5. The molecule has 0 saturated carbocycles. The highest BCUT2D eigenvalue weighted by atomic mass is 32.2. The van der Waals surface area contributed by atoms with Crippen LogP contribution in [0.15, 0.2) is 293 Å². The highest BCUT2D eigenvalue weighted by Crippen LogP contribution is 2.62. The Hall–Kier alpha value is -9.35. The van der Waals surface area contributed by atoms with Gasteiger partial charge in [0.15, 0.2) is 0 Å².